The summed E-state index contributed by atoms with van der Waals surface area (Å²) in [4.78, 5) is 0. The Morgan fingerprint density at radius 1 is 1.20 bits per heavy atom. The van der Waals surface area contributed by atoms with Gasteiger partial charge < -0.3 is 11.1 Å². The Morgan fingerprint density at radius 3 is 2.53 bits per heavy atom. The van der Waals surface area contributed by atoms with Crippen molar-refractivity contribution in [1.82, 2.24) is 5.32 Å². The second kappa shape index (κ2) is 3.32. The lowest BCUT2D eigenvalue weighted by atomic mass is 10.1. The van der Waals surface area contributed by atoms with Gasteiger partial charge in [0.05, 0.1) is 0 Å². The molecular formula is C13H18N2. The molecule has 1 aromatic rings. The first-order valence-corrected chi connectivity index (χ1v) is 5.86. The molecule has 0 saturated heterocycles. The van der Waals surface area contributed by atoms with Crippen molar-refractivity contribution in [1.29, 1.82) is 0 Å². The molecule has 0 heterocycles. The quantitative estimate of drug-likeness (QED) is 0.771. The molecule has 0 radical (unpaired) electrons. The van der Waals surface area contributed by atoms with Crippen molar-refractivity contribution >= 4 is 0 Å². The van der Waals surface area contributed by atoms with E-state index in [1.807, 2.05) is 0 Å². The zero-order chi connectivity index (χ0) is 10.4. The molecule has 0 amide bonds. The van der Waals surface area contributed by atoms with Crippen LogP contribution in [0.2, 0.25) is 0 Å². The molecule has 15 heavy (non-hydrogen) atoms. The van der Waals surface area contributed by atoms with E-state index >= 15 is 0 Å². The Kier molecular flexibility index (Phi) is 2.08. The maximum absolute atomic E-state index is 6.13. The first-order chi connectivity index (χ1) is 7.25. The normalized spacial score (nSPS) is 37.7. The van der Waals surface area contributed by atoms with E-state index in [2.05, 4.69) is 36.5 Å². The van der Waals surface area contributed by atoms with Crippen molar-refractivity contribution in [2.75, 3.05) is 0 Å². The second-order valence-electron chi connectivity index (χ2n) is 5.01. The maximum atomic E-state index is 6.13. The van der Waals surface area contributed by atoms with E-state index in [4.69, 9.17) is 5.73 Å². The summed E-state index contributed by atoms with van der Waals surface area (Å²) in [5.41, 5.74) is 8.88. The third-order valence-electron chi connectivity index (χ3n) is 3.79. The van der Waals surface area contributed by atoms with Crippen LogP contribution in [0.3, 0.4) is 0 Å². The van der Waals surface area contributed by atoms with Crippen LogP contribution in [0.25, 0.3) is 0 Å². The van der Waals surface area contributed by atoms with Gasteiger partial charge in [-0.1, -0.05) is 31.2 Å². The van der Waals surface area contributed by atoms with Gasteiger partial charge in [0.25, 0.3) is 0 Å². The Morgan fingerprint density at radius 2 is 1.87 bits per heavy atom. The van der Waals surface area contributed by atoms with E-state index in [-0.39, 0.29) is 6.04 Å². The molecule has 2 unspecified atom stereocenters. The van der Waals surface area contributed by atoms with Crippen molar-refractivity contribution < 1.29 is 0 Å². The van der Waals surface area contributed by atoms with Gasteiger partial charge in [0, 0.05) is 18.1 Å². The molecule has 3 N–H and O–H groups in total. The van der Waals surface area contributed by atoms with E-state index in [9.17, 15) is 0 Å². The molecule has 2 nitrogen and oxygen atoms in total. The van der Waals surface area contributed by atoms with E-state index < -0.39 is 0 Å². The van der Waals surface area contributed by atoms with Crippen LogP contribution in [0.4, 0.5) is 0 Å². The lowest BCUT2D eigenvalue weighted by Gasteiger charge is -2.13. The predicted octanol–water partition coefficient (Wildman–Crippen LogP) is 2.13. The molecule has 3 rings (SSSR count). The van der Waals surface area contributed by atoms with Crippen molar-refractivity contribution in [2.45, 2.75) is 37.9 Å². The minimum Gasteiger partial charge on any atom is -0.324 e. The molecule has 0 aromatic heterocycles. The van der Waals surface area contributed by atoms with Gasteiger partial charge in [0.15, 0.2) is 0 Å². The van der Waals surface area contributed by atoms with Crippen LogP contribution < -0.4 is 11.1 Å². The number of benzene rings is 1. The Bertz CT molecular complexity index is 375. The van der Waals surface area contributed by atoms with Crippen molar-refractivity contribution in [3.05, 3.63) is 35.4 Å². The molecule has 1 saturated carbocycles. The molecule has 2 heteroatoms. The molecule has 0 aliphatic heterocycles. The van der Waals surface area contributed by atoms with Gasteiger partial charge in [-0.05, 0) is 29.9 Å². The third-order valence-corrected chi connectivity index (χ3v) is 3.79. The lowest BCUT2D eigenvalue weighted by molar-refractivity contribution is 0.485. The van der Waals surface area contributed by atoms with Crippen LogP contribution in [0.5, 0.6) is 0 Å². The summed E-state index contributed by atoms with van der Waals surface area (Å²) in [6.45, 7) is 2.30. The highest BCUT2D eigenvalue weighted by Crippen LogP contribution is 2.40. The van der Waals surface area contributed by atoms with Gasteiger partial charge >= 0.3 is 0 Å². The van der Waals surface area contributed by atoms with E-state index in [0.717, 1.165) is 18.4 Å². The van der Waals surface area contributed by atoms with E-state index in [0.29, 0.717) is 6.04 Å². The number of hydrogen-bond donors (Lipinski definition) is 2. The monoisotopic (exact) mass is 202 g/mol. The predicted molar refractivity (Wildman–Crippen MR) is 61.4 cm³/mol. The van der Waals surface area contributed by atoms with Crippen LogP contribution in [-0.4, -0.2) is 6.04 Å². The summed E-state index contributed by atoms with van der Waals surface area (Å²) in [7, 11) is 0. The lowest BCUT2D eigenvalue weighted by Crippen LogP contribution is -2.23. The summed E-state index contributed by atoms with van der Waals surface area (Å²) >= 11 is 0. The average molecular weight is 202 g/mol. The minimum absolute atomic E-state index is 0.229. The highest BCUT2D eigenvalue weighted by atomic mass is 15.0. The molecule has 2 aliphatic rings. The van der Waals surface area contributed by atoms with Gasteiger partial charge in [0.2, 0.25) is 0 Å². The molecule has 80 valence electrons. The van der Waals surface area contributed by atoms with Gasteiger partial charge in [-0.15, -0.1) is 0 Å². The second-order valence-corrected chi connectivity index (χ2v) is 5.01. The zero-order valence-electron chi connectivity index (χ0n) is 9.11. The van der Waals surface area contributed by atoms with Gasteiger partial charge in [-0.3, -0.25) is 0 Å². The first-order valence-electron chi connectivity index (χ1n) is 5.86. The van der Waals surface area contributed by atoms with Crippen LogP contribution >= 0.6 is 0 Å². The summed E-state index contributed by atoms with van der Waals surface area (Å²) in [5.74, 6) is 0.856. The summed E-state index contributed by atoms with van der Waals surface area (Å²) < 4.78 is 0. The standard InChI is InChI=1S/C13H18N2/c1-8-6-12(8)15-13-7-11(14)9-4-2-3-5-10(9)13/h2-5,8,11-13,15H,6-7,14H2,1H3/t8-,11?,12-,13?/m0/s1. The largest absolute Gasteiger partial charge is 0.324 e. The minimum atomic E-state index is 0.229. The first kappa shape index (κ1) is 9.37. The van der Waals surface area contributed by atoms with Crippen molar-refractivity contribution in [2.24, 2.45) is 11.7 Å². The summed E-state index contributed by atoms with van der Waals surface area (Å²) in [5, 5.41) is 3.71. The molecule has 1 aromatic carbocycles. The number of rotatable bonds is 2. The fraction of sp³-hybridized carbons (Fsp3) is 0.538. The van der Waals surface area contributed by atoms with Gasteiger partial charge in [0.1, 0.15) is 0 Å². The molecular weight excluding hydrogens is 184 g/mol. The smallest absolute Gasteiger partial charge is 0.0344 e. The SMILES string of the molecule is C[C@H]1C[C@@H]1NC1CC(N)c2ccccc21. The van der Waals surface area contributed by atoms with E-state index in [1.165, 1.54) is 17.5 Å². The maximum Gasteiger partial charge on any atom is 0.0344 e. The summed E-state index contributed by atoms with van der Waals surface area (Å²) in [6.07, 6.45) is 2.39. The molecule has 4 atom stereocenters. The van der Waals surface area contributed by atoms with Crippen LogP contribution in [0.1, 0.15) is 43.0 Å². The number of fused-ring (bicyclic) bond motifs is 1. The van der Waals surface area contributed by atoms with Crippen molar-refractivity contribution in [3.63, 3.8) is 0 Å². The third kappa shape index (κ3) is 1.58. The molecule has 0 spiro atoms. The Labute approximate surface area is 90.9 Å². The molecule has 1 fully saturated rings. The summed E-state index contributed by atoms with van der Waals surface area (Å²) in [6, 6.07) is 10.0. The fourth-order valence-electron chi connectivity index (χ4n) is 2.64. The van der Waals surface area contributed by atoms with Crippen LogP contribution in [0, 0.1) is 5.92 Å². The van der Waals surface area contributed by atoms with Gasteiger partial charge in [-0.25, -0.2) is 0 Å². The molecule has 0 bridgehead atoms. The number of nitrogens with one attached hydrogen (secondary N) is 1. The topological polar surface area (TPSA) is 38.0 Å². The Balaban J connectivity index is 1.82. The Hall–Kier alpha value is -0.860. The number of nitrogens with two attached hydrogens (primary N) is 1. The van der Waals surface area contributed by atoms with Crippen molar-refractivity contribution in [3.8, 4) is 0 Å². The van der Waals surface area contributed by atoms with Crippen LogP contribution in [0.15, 0.2) is 24.3 Å². The van der Waals surface area contributed by atoms with Gasteiger partial charge in [-0.2, -0.15) is 0 Å². The van der Waals surface area contributed by atoms with Crippen LogP contribution in [-0.2, 0) is 0 Å². The van der Waals surface area contributed by atoms with E-state index in [1.54, 1.807) is 0 Å². The molecule has 2 aliphatic carbocycles. The highest BCUT2D eigenvalue weighted by molar-refractivity contribution is 5.37. The zero-order valence-corrected chi connectivity index (χ0v) is 9.11. The number of hydrogen-bond acceptors (Lipinski definition) is 2. The fourth-order valence-corrected chi connectivity index (χ4v) is 2.64. The average Bonchev–Trinajstić information content (AvgIpc) is 2.83. The highest BCUT2D eigenvalue weighted by Gasteiger charge is 2.37.